The van der Waals surface area contributed by atoms with Gasteiger partial charge in [0.2, 0.25) is 41.4 Å². The van der Waals surface area contributed by atoms with E-state index in [0.29, 0.717) is 12.8 Å². The van der Waals surface area contributed by atoms with E-state index in [0.717, 1.165) is 5.06 Å². The molecule has 11 atom stereocenters. The number of esters is 1. The quantitative estimate of drug-likeness (QED) is 0.0652. The molecule has 1 heterocycles. The molecule has 1 aliphatic rings. The fourth-order valence-corrected chi connectivity index (χ4v) is 8.73. The SMILES string of the molecule is C/C=C/C[C@@H](C)[C@H]1ON(C(=O)[C@H](C(C)C)N(C)C(=O)[C@H](CC(C)C)N(C)C(=O)[C@H](CC(C)C)N(C)C(=O)[C@@H](C)NC(=O)[C@H](C)NC(=O)[C@H](CC(C)C)N(C)C(=O)[C@@H](N)C(C)C)[C@@H]1C(=O)N[C@@H](CC)C(=O)OC. The van der Waals surface area contributed by atoms with Gasteiger partial charge in [-0.25, -0.2) is 9.86 Å². The molecular formula is C52H93N9O11. The third-order valence-corrected chi connectivity index (χ3v) is 13.3. The highest BCUT2D eigenvalue weighted by Crippen LogP contribution is 2.33. The fourth-order valence-electron chi connectivity index (χ4n) is 8.73. The van der Waals surface area contributed by atoms with Gasteiger partial charge in [-0.1, -0.05) is 95.2 Å². The minimum Gasteiger partial charge on any atom is -0.467 e. The smallest absolute Gasteiger partial charge is 0.328 e. The highest BCUT2D eigenvalue weighted by molar-refractivity contribution is 5.98. The summed E-state index contributed by atoms with van der Waals surface area (Å²) in [7, 11) is 7.15. The van der Waals surface area contributed by atoms with Crippen molar-refractivity contribution in [1.82, 2.24) is 40.6 Å². The van der Waals surface area contributed by atoms with Crippen molar-refractivity contribution in [2.24, 2.45) is 41.2 Å². The van der Waals surface area contributed by atoms with Gasteiger partial charge in [-0.2, -0.15) is 0 Å². The molecular weight excluding hydrogens is 927 g/mol. The second-order valence-electron chi connectivity index (χ2n) is 21.6. The van der Waals surface area contributed by atoms with Gasteiger partial charge in [0.15, 0.2) is 6.04 Å². The van der Waals surface area contributed by atoms with Crippen LogP contribution in [0.15, 0.2) is 12.2 Å². The first-order valence-corrected chi connectivity index (χ1v) is 25.7. The number of nitrogens with zero attached hydrogens (tertiary/aromatic N) is 5. The molecule has 0 saturated carbocycles. The van der Waals surface area contributed by atoms with Gasteiger partial charge in [-0.05, 0) is 88.4 Å². The number of hydroxylamine groups is 2. The normalized spacial score (nSPS) is 18.6. The number of nitrogens with one attached hydrogen (secondary N) is 3. The number of likely N-dealkylation sites (N-methyl/N-ethyl adjacent to an activating group) is 4. The van der Waals surface area contributed by atoms with Gasteiger partial charge >= 0.3 is 5.97 Å². The van der Waals surface area contributed by atoms with Gasteiger partial charge in [0.25, 0.3) is 5.91 Å². The predicted octanol–water partition coefficient (Wildman–Crippen LogP) is 3.26. The van der Waals surface area contributed by atoms with Crippen molar-refractivity contribution in [2.45, 2.75) is 196 Å². The van der Waals surface area contributed by atoms with Gasteiger partial charge in [0, 0.05) is 28.2 Å². The number of hydrogen-bond acceptors (Lipinski definition) is 12. The molecule has 1 aliphatic heterocycles. The summed E-state index contributed by atoms with van der Waals surface area (Å²) in [6.45, 7) is 26.9. The Kier molecular flexibility index (Phi) is 26.6. The number of allylic oxidation sites excluding steroid dienone is 2. The van der Waals surface area contributed by atoms with E-state index < -0.39 is 120 Å². The Labute approximate surface area is 430 Å². The van der Waals surface area contributed by atoms with E-state index in [-0.39, 0.29) is 48.9 Å². The molecule has 0 bridgehead atoms. The minimum atomic E-state index is -1.15. The van der Waals surface area contributed by atoms with Crippen LogP contribution in [-0.2, 0) is 52.7 Å². The standard InChI is InChI=1S/C52H93N9O11/c1-21-23-24-33(13)43-42(46(64)56-36(22-2)52(70)71-20)61(72-43)51(69)41(32(11)12)60(19)49(67)39(27-30(7)8)59(18)48(66)38(26-29(5)6)58(17)47(65)35(15)55-44(62)34(14)54-45(63)37(25-28(3)4)57(16)50(68)40(53)31(9)10/h21,23,28-43H,22,24-27,53H2,1-20H3,(H,54,63)(H,55,62)(H,56,64)/b23-21+/t33-,34+,35-,36+,37+,38+,39+,40+,41+,42+,43-/m1/s1. The van der Waals surface area contributed by atoms with Crippen molar-refractivity contribution >= 4 is 53.2 Å². The van der Waals surface area contributed by atoms with Crippen LogP contribution in [0.1, 0.15) is 136 Å². The zero-order valence-corrected chi connectivity index (χ0v) is 47.2. The lowest BCUT2D eigenvalue weighted by Crippen LogP contribution is -2.71. The lowest BCUT2D eigenvalue weighted by Gasteiger charge is -2.50. The molecule has 72 heavy (non-hydrogen) atoms. The molecule has 8 amide bonds. The Hall–Kier alpha value is -5.11. The first-order valence-electron chi connectivity index (χ1n) is 25.7. The van der Waals surface area contributed by atoms with E-state index in [2.05, 4.69) is 16.0 Å². The maximum atomic E-state index is 14.8. The first kappa shape index (κ1) is 64.9. The van der Waals surface area contributed by atoms with Gasteiger partial charge < -0.3 is 46.0 Å². The lowest BCUT2D eigenvalue weighted by atomic mass is 9.90. The number of ether oxygens (including phenoxy) is 1. The summed E-state index contributed by atoms with van der Waals surface area (Å²) >= 11 is 0. The van der Waals surface area contributed by atoms with Crippen LogP contribution in [-0.4, -0.2) is 174 Å². The zero-order valence-electron chi connectivity index (χ0n) is 47.2. The Morgan fingerprint density at radius 1 is 0.625 bits per heavy atom. The highest BCUT2D eigenvalue weighted by atomic mass is 16.7. The highest BCUT2D eigenvalue weighted by Gasteiger charge is 2.54. The maximum absolute atomic E-state index is 14.8. The number of hydrogen-bond donors (Lipinski definition) is 4. The van der Waals surface area contributed by atoms with Crippen LogP contribution in [0.5, 0.6) is 0 Å². The Morgan fingerprint density at radius 2 is 1.08 bits per heavy atom. The van der Waals surface area contributed by atoms with Crippen molar-refractivity contribution in [2.75, 3.05) is 35.3 Å². The predicted molar refractivity (Wildman–Crippen MR) is 276 cm³/mol. The second-order valence-corrected chi connectivity index (χ2v) is 21.6. The summed E-state index contributed by atoms with van der Waals surface area (Å²) in [4.78, 5) is 136. The third-order valence-electron chi connectivity index (χ3n) is 13.3. The summed E-state index contributed by atoms with van der Waals surface area (Å²) in [5, 5.41) is 9.05. The lowest BCUT2D eigenvalue weighted by molar-refractivity contribution is -0.321. The van der Waals surface area contributed by atoms with E-state index in [1.54, 1.807) is 20.8 Å². The largest absolute Gasteiger partial charge is 0.467 e. The number of carbonyl (C=O) groups excluding carboxylic acids is 9. The summed E-state index contributed by atoms with van der Waals surface area (Å²) in [5.41, 5.74) is 6.13. The van der Waals surface area contributed by atoms with Crippen molar-refractivity contribution in [1.29, 1.82) is 0 Å². The number of nitrogens with two attached hydrogens (primary N) is 1. The van der Waals surface area contributed by atoms with Crippen molar-refractivity contribution in [3.8, 4) is 0 Å². The van der Waals surface area contributed by atoms with Crippen molar-refractivity contribution in [3.05, 3.63) is 12.2 Å². The number of rotatable bonds is 28. The molecule has 1 fully saturated rings. The van der Waals surface area contributed by atoms with Gasteiger partial charge in [-0.3, -0.25) is 43.2 Å². The van der Waals surface area contributed by atoms with E-state index >= 15 is 0 Å². The molecule has 0 unspecified atom stereocenters. The van der Waals surface area contributed by atoms with Crippen LogP contribution in [0.3, 0.4) is 0 Å². The van der Waals surface area contributed by atoms with E-state index in [1.165, 1.54) is 68.7 Å². The van der Waals surface area contributed by atoms with Crippen LogP contribution < -0.4 is 21.7 Å². The number of amides is 8. The monoisotopic (exact) mass is 1020 g/mol. The third kappa shape index (κ3) is 17.5. The molecule has 1 saturated heterocycles. The van der Waals surface area contributed by atoms with Crippen LogP contribution in [0, 0.1) is 35.5 Å². The van der Waals surface area contributed by atoms with Crippen molar-refractivity contribution < 1.29 is 52.7 Å². The molecule has 0 aromatic heterocycles. The van der Waals surface area contributed by atoms with Gasteiger partial charge in [-0.15, -0.1) is 0 Å². The maximum Gasteiger partial charge on any atom is 0.328 e. The minimum absolute atomic E-state index is 0.0242. The zero-order chi connectivity index (χ0) is 55.8. The molecule has 0 radical (unpaired) electrons. The molecule has 1 rings (SSSR count). The van der Waals surface area contributed by atoms with Crippen LogP contribution in [0.25, 0.3) is 0 Å². The summed E-state index contributed by atoms with van der Waals surface area (Å²) in [6, 6.07) is -9.41. The molecule has 20 heteroatoms. The first-order chi connectivity index (χ1) is 33.3. The van der Waals surface area contributed by atoms with E-state index in [4.69, 9.17) is 15.3 Å². The van der Waals surface area contributed by atoms with Crippen LogP contribution in [0.2, 0.25) is 0 Å². The fraction of sp³-hybridized carbons (Fsp3) is 0.788. The molecule has 0 aliphatic carbocycles. The summed E-state index contributed by atoms with van der Waals surface area (Å²) in [6.07, 6.45) is 4.57. The van der Waals surface area contributed by atoms with Crippen molar-refractivity contribution in [3.63, 3.8) is 0 Å². The average molecular weight is 1020 g/mol. The average Bonchev–Trinajstić information content (AvgIpc) is 3.29. The Bertz CT molecular complexity index is 1890. The molecule has 412 valence electrons. The molecule has 0 spiro atoms. The Balaban J connectivity index is 3.48. The number of methoxy groups -OCH3 is 1. The molecule has 5 N–H and O–H groups in total. The summed E-state index contributed by atoms with van der Waals surface area (Å²) in [5.74, 6) is -6.27. The van der Waals surface area contributed by atoms with Gasteiger partial charge in [0.1, 0.15) is 48.4 Å². The molecule has 0 aromatic carbocycles. The Morgan fingerprint density at radius 3 is 1.53 bits per heavy atom. The molecule has 0 aromatic rings. The van der Waals surface area contributed by atoms with E-state index in [9.17, 15) is 43.2 Å². The second kappa shape index (κ2) is 29.6. The summed E-state index contributed by atoms with van der Waals surface area (Å²) < 4.78 is 4.88. The van der Waals surface area contributed by atoms with Crippen LogP contribution in [0.4, 0.5) is 0 Å². The van der Waals surface area contributed by atoms with E-state index in [1.807, 2.05) is 81.4 Å². The number of carbonyl (C=O) groups is 9. The van der Waals surface area contributed by atoms with Gasteiger partial charge in [0.05, 0.1) is 13.2 Å². The molecule has 20 nitrogen and oxygen atoms in total. The topological polar surface area (TPSA) is 250 Å². The van der Waals surface area contributed by atoms with Crippen LogP contribution >= 0.6 is 0 Å².